The molecule has 0 bridgehead atoms. The van der Waals surface area contributed by atoms with Gasteiger partial charge in [-0.1, -0.05) is 25.7 Å². The number of nitrogens with zero attached hydrogens (tertiary/aromatic N) is 2. The molecule has 4 heteroatoms. The van der Waals surface area contributed by atoms with Gasteiger partial charge < -0.3 is 10.5 Å². The second-order valence-corrected chi connectivity index (χ2v) is 6.32. The van der Waals surface area contributed by atoms with E-state index in [0.717, 1.165) is 38.1 Å². The standard InChI is InChI=1S/C17H31N3O/c1-4-20-15(12-14(3)19-20)13-16(18)17(21-5-2)10-8-6-7-9-11-17/h12,16H,4-11,13,18H2,1-3H3. The van der Waals surface area contributed by atoms with Crippen molar-refractivity contribution in [1.82, 2.24) is 9.78 Å². The smallest absolute Gasteiger partial charge is 0.0836 e. The van der Waals surface area contributed by atoms with Crippen molar-refractivity contribution in [3.8, 4) is 0 Å². The third-order valence-electron chi connectivity index (χ3n) is 4.77. The molecule has 1 unspecified atom stereocenters. The summed E-state index contributed by atoms with van der Waals surface area (Å²) in [5.41, 5.74) is 8.82. The molecular weight excluding hydrogens is 262 g/mol. The quantitative estimate of drug-likeness (QED) is 0.819. The van der Waals surface area contributed by atoms with Gasteiger partial charge in [-0.25, -0.2) is 0 Å². The third-order valence-corrected chi connectivity index (χ3v) is 4.77. The Bertz CT molecular complexity index is 433. The average molecular weight is 293 g/mol. The number of aromatic nitrogens is 2. The Labute approximate surface area is 129 Å². The van der Waals surface area contributed by atoms with Crippen molar-refractivity contribution in [2.24, 2.45) is 5.73 Å². The summed E-state index contributed by atoms with van der Waals surface area (Å²) in [6, 6.07) is 2.22. The zero-order chi connectivity index (χ0) is 15.3. The monoisotopic (exact) mass is 293 g/mol. The largest absolute Gasteiger partial charge is 0.374 e. The Balaban J connectivity index is 2.15. The topological polar surface area (TPSA) is 53.1 Å². The van der Waals surface area contributed by atoms with Crippen LogP contribution in [0.2, 0.25) is 0 Å². The first-order chi connectivity index (χ1) is 10.1. The predicted molar refractivity (Wildman–Crippen MR) is 86.4 cm³/mol. The molecule has 4 nitrogen and oxygen atoms in total. The summed E-state index contributed by atoms with van der Waals surface area (Å²) in [6.07, 6.45) is 8.15. The van der Waals surface area contributed by atoms with E-state index < -0.39 is 0 Å². The number of ether oxygens (including phenoxy) is 1. The summed E-state index contributed by atoms with van der Waals surface area (Å²) in [5, 5.41) is 4.53. The maximum atomic E-state index is 6.64. The number of hydrogen-bond acceptors (Lipinski definition) is 3. The maximum absolute atomic E-state index is 6.64. The van der Waals surface area contributed by atoms with Crippen LogP contribution in [-0.4, -0.2) is 28.0 Å². The van der Waals surface area contributed by atoms with Gasteiger partial charge in [0.15, 0.2) is 0 Å². The summed E-state index contributed by atoms with van der Waals surface area (Å²) < 4.78 is 8.29. The summed E-state index contributed by atoms with van der Waals surface area (Å²) in [7, 11) is 0. The van der Waals surface area contributed by atoms with Crippen LogP contribution >= 0.6 is 0 Å². The summed E-state index contributed by atoms with van der Waals surface area (Å²) >= 11 is 0. The van der Waals surface area contributed by atoms with E-state index in [1.165, 1.54) is 31.4 Å². The SMILES string of the molecule is CCOC1(C(N)Cc2cc(C)nn2CC)CCCCCC1. The minimum Gasteiger partial charge on any atom is -0.374 e. The highest BCUT2D eigenvalue weighted by Crippen LogP contribution is 2.34. The Morgan fingerprint density at radius 3 is 2.52 bits per heavy atom. The van der Waals surface area contributed by atoms with Crippen molar-refractivity contribution in [1.29, 1.82) is 0 Å². The zero-order valence-electron chi connectivity index (χ0n) is 13.9. The molecule has 2 rings (SSSR count). The first kappa shape index (κ1) is 16.5. The van der Waals surface area contributed by atoms with E-state index in [2.05, 4.69) is 29.7 Å². The summed E-state index contributed by atoms with van der Waals surface area (Å²) in [4.78, 5) is 0. The van der Waals surface area contributed by atoms with Crippen LogP contribution in [-0.2, 0) is 17.7 Å². The van der Waals surface area contributed by atoms with Gasteiger partial charge in [0.2, 0.25) is 0 Å². The molecule has 1 aromatic heterocycles. The van der Waals surface area contributed by atoms with Crippen molar-refractivity contribution in [3.63, 3.8) is 0 Å². The van der Waals surface area contributed by atoms with Gasteiger partial charge in [-0.05, 0) is 39.7 Å². The lowest BCUT2D eigenvalue weighted by atomic mass is 9.84. The molecule has 21 heavy (non-hydrogen) atoms. The lowest BCUT2D eigenvalue weighted by Crippen LogP contribution is -2.51. The van der Waals surface area contributed by atoms with Crippen LogP contribution < -0.4 is 5.73 Å². The van der Waals surface area contributed by atoms with Crippen LogP contribution in [0.4, 0.5) is 0 Å². The molecule has 1 aliphatic rings. The lowest BCUT2D eigenvalue weighted by molar-refractivity contribution is -0.0686. The molecule has 1 atom stereocenters. The normalized spacial score (nSPS) is 20.2. The van der Waals surface area contributed by atoms with E-state index in [0.29, 0.717) is 0 Å². The maximum Gasteiger partial charge on any atom is 0.0836 e. The molecule has 0 radical (unpaired) electrons. The van der Waals surface area contributed by atoms with Crippen LogP contribution in [0.15, 0.2) is 6.07 Å². The molecule has 2 N–H and O–H groups in total. The minimum absolute atomic E-state index is 0.0527. The van der Waals surface area contributed by atoms with E-state index >= 15 is 0 Å². The molecule has 0 amide bonds. The van der Waals surface area contributed by atoms with Crippen LogP contribution in [0, 0.1) is 6.92 Å². The lowest BCUT2D eigenvalue weighted by Gasteiger charge is -2.38. The molecule has 1 fully saturated rings. The van der Waals surface area contributed by atoms with Crippen LogP contribution in [0.1, 0.15) is 63.8 Å². The van der Waals surface area contributed by atoms with Crippen LogP contribution in [0.25, 0.3) is 0 Å². The van der Waals surface area contributed by atoms with E-state index in [1.54, 1.807) is 0 Å². The molecule has 1 saturated carbocycles. The molecule has 120 valence electrons. The van der Waals surface area contributed by atoms with Crippen molar-refractivity contribution in [3.05, 3.63) is 17.5 Å². The van der Waals surface area contributed by atoms with Crippen molar-refractivity contribution in [2.45, 2.75) is 83.9 Å². The molecule has 1 heterocycles. The fraction of sp³-hybridized carbons (Fsp3) is 0.824. The Hall–Kier alpha value is -0.870. The minimum atomic E-state index is -0.137. The number of rotatable bonds is 6. The third kappa shape index (κ3) is 3.86. The number of hydrogen-bond donors (Lipinski definition) is 1. The number of nitrogens with two attached hydrogens (primary N) is 1. The van der Waals surface area contributed by atoms with Gasteiger partial charge in [-0.2, -0.15) is 5.10 Å². The Morgan fingerprint density at radius 1 is 1.29 bits per heavy atom. The first-order valence-corrected chi connectivity index (χ1v) is 8.54. The van der Waals surface area contributed by atoms with Crippen LogP contribution in [0.3, 0.4) is 0 Å². The predicted octanol–water partition coefficient (Wildman–Crippen LogP) is 3.21. The number of aryl methyl sites for hydroxylation is 2. The van der Waals surface area contributed by atoms with E-state index in [9.17, 15) is 0 Å². The summed E-state index contributed by atoms with van der Waals surface area (Å²) in [5.74, 6) is 0. The highest BCUT2D eigenvalue weighted by molar-refractivity contribution is 5.12. The van der Waals surface area contributed by atoms with Gasteiger partial charge >= 0.3 is 0 Å². The highest BCUT2D eigenvalue weighted by Gasteiger charge is 2.38. The molecule has 0 aliphatic heterocycles. The van der Waals surface area contributed by atoms with E-state index in [4.69, 9.17) is 10.5 Å². The second kappa shape index (κ2) is 7.41. The molecule has 0 spiro atoms. The van der Waals surface area contributed by atoms with Crippen LogP contribution in [0.5, 0.6) is 0 Å². The van der Waals surface area contributed by atoms with E-state index in [-0.39, 0.29) is 11.6 Å². The second-order valence-electron chi connectivity index (χ2n) is 6.32. The Morgan fingerprint density at radius 2 is 1.95 bits per heavy atom. The fourth-order valence-electron chi connectivity index (χ4n) is 3.69. The van der Waals surface area contributed by atoms with E-state index in [1.807, 2.05) is 6.92 Å². The van der Waals surface area contributed by atoms with Crippen molar-refractivity contribution < 1.29 is 4.74 Å². The van der Waals surface area contributed by atoms with Gasteiger partial charge in [-0.15, -0.1) is 0 Å². The molecule has 1 aliphatic carbocycles. The molecular formula is C17H31N3O. The Kier molecular flexibility index (Phi) is 5.82. The fourth-order valence-corrected chi connectivity index (χ4v) is 3.69. The summed E-state index contributed by atoms with van der Waals surface area (Å²) in [6.45, 7) is 7.91. The molecule has 0 aromatic carbocycles. The van der Waals surface area contributed by atoms with Crippen molar-refractivity contribution >= 4 is 0 Å². The van der Waals surface area contributed by atoms with Gasteiger partial charge in [-0.3, -0.25) is 4.68 Å². The molecule has 1 aromatic rings. The van der Waals surface area contributed by atoms with Gasteiger partial charge in [0, 0.05) is 31.3 Å². The molecule has 0 saturated heterocycles. The zero-order valence-corrected chi connectivity index (χ0v) is 13.9. The van der Waals surface area contributed by atoms with Gasteiger partial charge in [0.05, 0.1) is 11.3 Å². The van der Waals surface area contributed by atoms with Gasteiger partial charge in [0.25, 0.3) is 0 Å². The van der Waals surface area contributed by atoms with Crippen molar-refractivity contribution in [2.75, 3.05) is 6.61 Å². The first-order valence-electron chi connectivity index (χ1n) is 8.54. The average Bonchev–Trinajstić information content (AvgIpc) is 2.67. The highest BCUT2D eigenvalue weighted by atomic mass is 16.5. The van der Waals surface area contributed by atoms with Gasteiger partial charge in [0.1, 0.15) is 0 Å².